The van der Waals surface area contributed by atoms with Crippen molar-refractivity contribution in [3.63, 3.8) is 0 Å². The van der Waals surface area contributed by atoms with Crippen molar-refractivity contribution in [2.24, 2.45) is 11.8 Å². The van der Waals surface area contributed by atoms with Gasteiger partial charge >= 0.3 is 0 Å². The molecule has 0 aromatic carbocycles. The SMILES string of the molecule is CCC1CNC(CC)C(CC)C1. The minimum Gasteiger partial charge on any atom is -0.313 e. The average Bonchev–Trinajstić information content (AvgIpc) is 2.16. The minimum absolute atomic E-state index is 0.804. The topological polar surface area (TPSA) is 12.0 Å². The number of hydrogen-bond acceptors (Lipinski definition) is 1. The summed E-state index contributed by atoms with van der Waals surface area (Å²) in [6.07, 6.45) is 5.45. The van der Waals surface area contributed by atoms with Gasteiger partial charge in [-0.05, 0) is 31.2 Å². The zero-order valence-electron chi connectivity index (χ0n) is 8.77. The first kappa shape index (κ1) is 10.0. The lowest BCUT2D eigenvalue weighted by molar-refractivity contribution is 0.203. The van der Waals surface area contributed by atoms with Gasteiger partial charge in [0.2, 0.25) is 0 Å². The third-order valence-corrected chi connectivity index (χ3v) is 3.42. The minimum atomic E-state index is 0.804. The van der Waals surface area contributed by atoms with Crippen molar-refractivity contribution in [1.82, 2.24) is 5.32 Å². The summed E-state index contributed by atoms with van der Waals surface area (Å²) in [4.78, 5) is 0. The Morgan fingerprint density at radius 1 is 1.08 bits per heavy atom. The van der Waals surface area contributed by atoms with E-state index in [0.717, 1.165) is 17.9 Å². The molecule has 0 amide bonds. The average molecular weight is 169 g/mol. The van der Waals surface area contributed by atoms with Gasteiger partial charge in [0.15, 0.2) is 0 Å². The Hall–Kier alpha value is -0.0400. The monoisotopic (exact) mass is 169 g/mol. The van der Waals surface area contributed by atoms with Gasteiger partial charge in [-0.15, -0.1) is 0 Å². The van der Waals surface area contributed by atoms with Crippen LogP contribution in [-0.4, -0.2) is 12.6 Å². The normalized spacial score (nSPS) is 36.8. The van der Waals surface area contributed by atoms with Gasteiger partial charge < -0.3 is 5.32 Å². The van der Waals surface area contributed by atoms with Crippen LogP contribution in [0.25, 0.3) is 0 Å². The van der Waals surface area contributed by atoms with Crippen molar-refractivity contribution in [1.29, 1.82) is 0 Å². The molecule has 0 aromatic rings. The fraction of sp³-hybridized carbons (Fsp3) is 1.00. The van der Waals surface area contributed by atoms with Crippen LogP contribution in [0.15, 0.2) is 0 Å². The summed E-state index contributed by atoms with van der Waals surface area (Å²) in [5.41, 5.74) is 0. The fourth-order valence-electron chi connectivity index (χ4n) is 2.40. The summed E-state index contributed by atoms with van der Waals surface area (Å²) in [7, 11) is 0. The Labute approximate surface area is 76.9 Å². The summed E-state index contributed by atoms with van der Waals surface area (Å²) in [6.45, 7) is 8.19. The standard InChI is InChI=1S/C11H23N/c1-4-9-7-10(5-2)11(6-3)12-8-9/h9-12H,4-8H2,1-3H3. The van der Waals surface area contributed by atoms with E-state index in [-0.39, 0.29) is 0 Å². The molecule has 1 rings (SSSR count). The Bertz CT molecular complexity index is 122. The molecule has 0 spiro atoms. The van der Waals surface area contributed by atoms with Crippen LogP contribution in [0.2, 0.25) is 0 Å². The first-order valence-electron chi connectivity index (χ1n) is 5.55. The van der Waals surface area contributed by atoms with Crippen LogP contribution < -0.4 is 5.32 Å². The maximum atomic E-state index is 3.67. The van der Waals surface area contributed by atoms with E-state index in [2.05, 4.69) is 26.1 Å². The number of nitrogens with one attached hydrogen (secondary N) is 1. The second kappa shape index (κ2) is 4.86. The highest BCUT2D eigenvalue weighted by atomic mass is 14.9. The molecule has 0 saturated carbocycles. The Morgan fingerprint density at radius 3 is 2.33 bits per heavy atom. The first-order valence-corrected chi connectivity index (χ1v) is 5.55. The number of rotatable bonds is 3. The van der Waals surface area contributed by atoms with Gasteiger partial charge in [-0.25, -0.2) is 0 Å². The van der Waals surface area contributed by atoms with Crippen molar-refractivity contribution < 1.29 is 0 Å². The van der Waals surface area contributed by atoms with E-state index in [1.807, 2.05) is 0 Å². The van der Waals surface area contributed by atoms with Crippen LogP contribution in [-0.2, 0) is 0 Å². The van der Waals surface area contributed by atoms with E-state index >= 15 is 0 Å². The molecule has 12 heavy (non-hydrogen) atoms. The molecule has 0 aliphatic carbocycles. The van der Waals surface area contributed by atoms with E-state index in [1.165, 1.54) is 32.2 Å². The molecule has 1 nitrogen and oxygen atoms in total. The predicted molar refractivity (Wildman–Crippen MR) is 54.3 cm³/mol. The maximum absolute atomic E-state index is 3.67. The van der Waals surface area contributed by atoms with Gasteiger partial charge in [0.1, 0.15) is 0 Å². The van der Waals surface area contributed by atoms with Crippen molar-refractivity contribution >= 4 is 0 Å². The van der Waals surface area contributed by atoms with Crippen LogP contribution in [0.3, 0.4) is 0 Å². The number of hydrogen-bond donors (Lipinski definition) is 1. The smallest absolute Gasteiger partial charge is 0.00928 e. The molecular weight excluding hydrogens is 146 g/mol. The lowest BCUT2D eigenvalue weighted by Crippen LogP contribution is -2.44. The molecule has 1 fully saturated rings. The fourth-order valence-corrected chi connectivity index (χ4v) is 2.40. The Kier molecular flexibility index (Phi) is 4.07. The zero-order chi connectivity index (χ0) is 8.97. The van der Waals surface area contributed by atoms with Crippen LogP contribution in [0.5, 0.6) is 0 Å². The molecular formula is C11H23N. The largest absolute Gasteiger partial charge is 0.313 e. The van der Waals surface area contributed by atoms with Gasteiger partial charge in [-0.1, -0.05) is 33.6 Å². The molecule has 1 saturated heterocycles. The first-order chi connectivity index (χ1) is 5.81. The molecule has 1 aliphatic rings. The van der Waals surface area contributed by atoms with Crippen molar-refractivity contribution in [2.45, 2.75) is 52.5 Å². The molecule has 0 bridgehead atoms. The van der Waals surface area contributed by atoms with E-state index in [4.69, 9.17) is 0 Å². The van der Waals surface area contributed by atoms with E-state index in [0.29, 0.717) is 0 Å². The van der Waals surface area contributed by atoms with Crippen LogP contribution in [0, 0.1) is 11.8 Å². The second-order valence-electron chi connectivity index (χ2n) is 4.10. The van der Waals surface area contributed by atoms with Crippen molar-refractivity contribution in [2.75, 3.05) is 6.54 Å². The lowest BCUT2D eigenvalue weighted by atomic mass is 9.81. The maximum Gasteiger partial charge on any atom is 0.00928 e. The molecule has 0 aromatic heterocycles. The highest BCUT2D eigenvalue weighted by Crippen LogP contribution is 2.26. The van der Waals surface area contributed by atoms with Crippen LogP contribution >= 0.6 is 0 Å². The van der Waals surface area contributed by atoms with Gasteiger partial charge in [0, 0.05) is 6.04 Å². The summed E-state index contributed by atoms with van der Waals surface area (Å²) in [6, 6.07) is 0.804. The van der Waals surface area contributed by atoms with E-state index in [1.54, 1.807) is 0 Å². The highest BCUT2D eigenvalue weighted by Gasteiger charge is 2.26. The van der Waals surface area contributed by atoms with E-state index in [9.17, 15) is 0 Å². The van der Waals surface area contributed by atoms with Crippen LogP contribution in [0.1, 0.15) is 46.5 Å². The molecule has 1 heteroatoms. The predicted octanol–water partition coefficient (Wildman–Crippen LogP) is 2.81. The summed E-state index contributed by atoms with van der Waals surface area (Å²) in [5, 5.41) is 3.67. The quantitative estimate of drug-likeness (QED) is 0.685. The summed E-state index contributed by atoms with van der Waals surface area (Å²) >= 11 is 0. The van der Waals surface area contributed by atoms with Crippen LogP contribution in [0.4, 0.5) is 0 Å². The Morgan fingerprint density at radius 2 is 1.83 bits per heavy atom. The summed E-state index contributed by atoms with van der Waals surface area (Å²) < 4.78 is 0. The number of piperidine rings is 1. The third kappa shape index (κ3) is 2.22. The van der Waals surface area contributed by atoms with Gasteiger partial charge in [0.25, 0.3) is 0 Å². The molecule has 3 unspecified atom stereocenters. The van der Waals surface area contributed by atoms with E-state index < -0.39 is 0 Å². The Balaban J connectivity index is 2.41. The van der Waals surface area contributed by atoms with Crippen molar-refractivity contribution in [3.05, 3.63) is 0 Å². The van der Waals surface area contributed by atoms with Crippen molar-refractivity contribution in [3.8, 4) is 0 Å². The van der Waals surface area contributed by atoms with Gasteiger partial charge in [0.05, 0.1) is 0 Å². The molecule has 72 valence electrons. The molecule has 0 radical (unpaired) electrons. The zero-order valence-corrected chi connectivity index (χ0v) is 8.77. The molecule has 3 atom stereocenters. The second-order valence-corrected chi connectivity index (χ2v) is 4.10. The van der Waals surface area contributed by atoms with Gasteiger partial charge in [-0.2, -0.15) is 0 Å². The highest BCUT2D eigenvalue weighted by molar-refractivity contribution is 4.83. The molecule has 1 heterocycles. The third-order valence-electron chi connectivity index (χ3n) is 3.42. The van der Waals surface area contributed by atoms with Gasteiger partial charge in [-0.3, -0.25) is 0 Å². The lowest BCUT2D eigenvalue weighted by Gasteiger charge is -2.36. The molecule has 1 aliphatic heterocycles. The summed E-state index contributed by atoms with van der Waals surface area (Å²) in [5.74, 6) is 1.88. The molecule has 1 N–H and O–H groups in total.